The predicted octanol–water partition coefficient (Wildman–Crippen LogP) is 5.04. The summed E-state index contributed by atoms with van der Waals surface area (Å²) >= 11 is 0. The summed E-state index contributed by atoms with van der Waals surface area (Å²) in [5.74, 6) is 1.87. The second kappa shape index (κ2) is 7.94. The summed E-state index contributed by atoms with van der Waals surface area (Å²) in [4.78, 5) is 9.37. The Bertz CT molecular complexity index is 1520. The summed E-state index contributed by atoms with van der Waals surface area (Å²) in [6.45, 7) is 6.88. The number of imidazole rings is 1. The van der Waals surface area contributed by atoms with Gasteiger partial charge in [-0.2, -0.15) is 10.1 Å². The van der Waals surface area contributed by atoms with Gasteiger partial charge in [-0.25, -0.2) is 4.98 Å². The summed E-state index contributed by atoms with van der Waals surface area (Å²) in [6, 6.07) is 16.4. The summed E-state index contributed by atoms with van der Waals surface area (Å²) in [7, 11) is 1.68. The fourth-order valence-corrected chi connectivity index (χ4v) is 4.45. The normalized spacial score (nSPS) is 12.6. The number of hydrogen-bond acceptors (Lipinski definition) is 6. The second-order valence-corrected chi connectivity index (χ2v) is 9.83. The van der Waals surface area contributed by atoms with E-state index in [9.17, 15) is 0 Å². The highest BCUT2D eigenvalue weighted by molar-refractivity contribution is 5.77. The van der Waals surface area contributed by atoms with Crippen molar-refractivity contribution in [2.24, 2.45) is 0 Å². The Hall–Kier alpha value is -4.20. The monoisotopic (exact) mass is 466 g/mol. The lowest BCUT2D eigenvalue weighted by Gasteiger charge is -2.11. The Morgan fingerprint density at radius 2 is 1.89 bits per heavy atom. The van der Waals surface area contributed by atoms with Gasteiger partial charge in [-0.1, -0.05) is 56.3 Å². The molecular weight excluding hydrogens is 440 g/mol. The quantitative estimate of drug-likeness (QED) is 0.362. The number of nitrogens with zero attached hydrogens (tertiary/aromatic N) is 6. The van der Waals surface area contributed by atoms with Gasteiger partial charge < -0.3 is 13.8 Å². The largest absolute Gasteiger partial charge is 0.497 e. The molecule has 3 aromatic heterocycles. The van der Waals surface area contributed by atoms with Crippen LogP contribution in [0.3, 0.4) is 0 Å². The molecule has 176 valence electrons. The number of fused-ring (bicyclic) bond motifs is 5. The van der Waals surface area contributed by atoms with Gasteiger partial charge in [-0.3, -0.25) is 4.68 Å². The molecule has 0 N–H and O–H groups in total. The number of methoxy groups -OCH3 is 1. The molecule has 5 aromatic rings. The second-order valence-electron chi connectivity index (χ2n) is 9.83. The van der Waals surface area contributed by atoms with Crippen LogP contribution in [-0.2, 0) is 18.4 Å². The van der Waals surface area contributed by atoms with Gasteiger partial charge in [0.1, 0.15) is 12.1 Å². The van der Waals surface area contributed by atoms with E-state index in [-0.39, 0.29) is 5.41 Å². The third-order valence-corrected chi connectivity index (χ3v) is 6.27. The van der Waals surface area contributed by atoms with Crippen LogP contribution in [0, 0.1) is 0 Å². The Kier molecular flexibility index (Phi) is 4.84. The van der Waals surface area contributed by atoms with Crippen LogP contribution in [0.5, 0.6) is 5.75 Å². The summed E-state index contributed by atoms with van der Waals surface area (Å²) in [6.07, 6.45) is 4.57. The van der Waals surface area contributed by atoms with E-state index in [0.717, 1.165) is 34.0 Å². The van der Waals surface area contributed by atoms with Crippen molar-refractivity contribution in [3.05, 3.63) is 83.7 Å². The van der Waals surface area contributed by atoms with Gasteiger partial charge in [-0.05, 0) is 23.8 Å². The van der Waals surface area contributed by atoms with Crippen molar-refractivity contribution in [3.8, 4) is 34.3 Å². The van der Waals surface area contributed by atoms with Crippen molar-refractivity contribution in [2.45, 2.75) is 39.2 Å². The van der Waals surface area contributed by atoms with Crippen LogP contribution >= 0.6 is 0 Å². The van der Waals surface area contributed by atoms with E-state index in [1.54, 1.807) is 7.11 Å². The van der Waals surface area contributed by atoms with Gasteiger partial charge in [0.05, 0.1) is 30.7 Å². The van der Waals surface area contributed by atoms with Crippen LogP contribution in [-0.4, -0.2) is 36.6 Å². The average molecular weight is 467 g/mol. The molecule has 8 nitrogen and oxygen atoms in total. The minimum atomic E-state index is -0.215. The van der Waals surface area contributed by atoms with E-state index in [1.807, 2.05) is 47.4 Å². The third kappa shape index (κ3) is 3.71. The molecular formula is C27H26N6O2. The average Bonchev–Trinajstić information content (AvgIpc) is 3.57. The molecule has 0 bridgehead atoms. The van der Waals surface area contributed by atoms with Gasteiger partial charge in [-0.15, -0.1) is 0 Å². The van der Waals surface area contributed by atoms with Gasteiger partial charge in [0.25, 0.3) is 5.89 Å². The van der Waals surface area contributed by atoms with Crippen molar-refractivity contribution in [2.75, 3.05) is 7.11 Å². The Morgan fingerprint density at radius 3 is 2.63 bits per heavy atom. The maximum atomic E-state index is 5.66. The number of aromatic nitrogens is 6. The number of rotatable bonds is 4. The van der Waals surface area contributed by atoms with E-state index in [1.165, 1.54) is 5.56 Å². The Labute approximate surface area is 203 Å². The summed E-state index contributed by atoms with van der Waals surface area (Å²) in [5, 5.41) is 9.21. The van der Waals surface area contributed by atoms with Crippen molar-refractivity contribution in [3.63, 3.8) is 0 Å². The maximum Gasteiger partial charge on any atom is 0.278 e. The van der Waals surface area contributed by atoms with Crippen LogP contribution in [0.15, 0.2) is 65.6 Å². The summed E-state index contributed by atoms with van der Waals surface area (Å²) in [5.41, 5.74) is 6.68. The van der Waals surface area contributed by atoms with E-state index in [0.29, 0.717) is 30.4 Å². The first-order valence-electron chi connectivity index (χ1n) is 11.6. The molecule has 0 spiro atoms. The standard InChI is InChI=1S/C27H26N6O2/c1-27(2,3)26-29-25(35-31-26)24-22-12-18-15-32(14-17-8-6-5-7-9-17)30-23(18)20-13-19(34-4)10-11-21(20)33(22)16-28-24/h5-11,13,15-16H,12,14H2,1-4H3. The molecule has 0 fully saturated rings. The van der Waals surface area contributed by atoms with Crippen LogP contribution in [0.25, 0.3) is 28.5 Å². The fourth-order valence-electron chi connectivity index (χ4n) is 4.45. The number of hydrogen-bond donors (Lipinski definition) is 0. The maximum absolute atomic E-state index is 5.66. The topological polar surface area (TPSA) is 83.8 Å². The molecule has 1 aliphatic rings. The highest BCUT2D eigenvalue weighted by Gasteiger charge is 2.29. The molecule has 2 aromatic carbocycles. The summed E-state index contributed by atoms with van der Waals surface area (Å²) < 4.78 is 15.3. The first-order chi connectivity index (χ1) is 16.9. The third-order valence-electron chi connectivity index (χ3n) is 6.27. The molecule has 6 rings (SSSR count). The fraction of sp³-hybridized carbons (Fsp3) is 0.259. The molecule has 0 aliphatic carbocycles. The molecule has 0 saturated carbocycles. The minimum absolute atomic E-state index is 0.215. The SMILES string of the molecule is COc1ccc2c(c1)-c1nn(Cc3ccccc3)cc1Cc1c(-c3nc(C(C)(C)C)no3)ncn1-2. The van der Waals surface area contributed by atoms with Gasteiger partial charge in [0.15, 0.2) is 11.5 Å². The first-order valence-corrected chi connectivity index (χ1v) is 11.6. The molecule has 4 heterocycles. The minimum Gasteiger partial charge on any atom is -0.497 e. The lowest BCUT2D eigenvalue weighted by molar-refractivity contribution is 0.401. The molecule has 8 heteroatoms. The van der Waals surface area contributed by atoms with Gasteiger partial charge >= 0.3 is 0 Å². The Morgan fingerprint density at radius 1 is 1.06 bits per heavy atom. The zero-order valence-corrected chi connectivity index (χ0v) is 20.2. The van der Waals surface area contributed by atoms with E-state index >= 15 is 0 Å². The van der Waals surface area contributed by atoms with Crippen molar-refractivity contribution >= 4 is 0 Å². The molecule has 1 aliphatic heterocycles. The molecule has 0 amide bonds. The van der Waals surface area contributed by atoms with Crippen molar-refractivity contribution < 1.29 is 9.26 Å². The van der Waals surface area contributed by atoms with E-state index in [2.05, 4.69) is 53.8 Å². The van der Waals surface area contributed by atoms with Gasteiger partial charge in [0, 0.05) is 29.2 Å². The van der Waals surface area contributed by atoms with Crippen LogP contribution in [0.4, 0.5) is 0 Å². The number of benzene rings is 2. The molecule has 35 heavy (non-hydrogen) atoms. The highest BCUT2D eigenvalue weighted by Crippen LogP contribution is 2.39. The van der Waals surface area contributed by atoms with Gasteiger partial charge in [0.2, 0.25) is 0 Å². The first kappa shape index (κ1) is 21.3. The highest BCUT2D eigenvalue weighted by atomic mass is 16.5. The zero-order chi connectivity index (χ0) is 24.2. The van der Waals surface area contributed by atoms with Crippen LogP contribution < -0.4 is 4.74 Å². The lowest BCUT2D eigenvalue weighted by atomic mass is 9.96. The lowest BCUT2D eigenvalue weighted by Crippen LogP contribution is -2.13. The van der Waals surface area contributed by atoms with Crippen LogP contribution in [0.1, 0.15) is 43.4 Å². The van der Waals surface area contributed by atoms with Crippen molar-refractivity contribution in [1.82, 2.24) is 29.5 Å². The molecule has 0 unspecified atom stereocenters. The molecule has 0 atom stereocenters. The van der Waals surface area contributed by atoms with Crippen LogP contribution in [0.2, 0.25) is 0 Å². The van der Waals surface area contributed by atoms with E-state index in [4.69, 9.17) is 19.3 Å². The molecule has 0 saturated heterocycles. The zero-order valence-electron chi connectivity index (χ0n) is 20.2. The smallest absolute Gasteiger partial charge is 0.278 e. The predicted molar refractivity (Wildman–Crippen MR) is 132 cm³/mol. The molecule has 0 radical (unpaired) electrons. The van der Waals surface area contributed by atoms with Crippen molar-refractivity contribution in [1.29, 1.82) is 0 Å². The number of ether oxygens (including phenoxy) is 1. The Balaban J connectivity index is 1.50. The van der Waals surface area contributed by atoms with E-state index < -0.39 is 0 Å².